The molecule has 0 N–H and O–H groups in total. The molecular weight excluding hydrogens is 280 g/mol. The van der Waals surface area contributed by atoms with Gasteiger partial charge in [0.1, 0.15) is 0 Å². The van der Waals surface area contributed by atoms with E-state index >= 15 is 0 Å². The van der Waals surface area contributed by atoms with Crippen LogP contribution in [0.4, 0.5) is 0 Å². The molecule has 0 aliphatic carbocycles. The maximum atomic E-state index is 12.1. The molecule has 0 aromatic heterocycles. The maximum absolute atomic E-state index is 12.1. The highest BCUT2D eigenvalue weighted by Gasteiger charge is 2.36. The van der Waals surface area contributed by atoms with E-state index in [1.54, 1.807) is 0 Å². The summed E-state index contributed by atoms with van der Waals surface area (Å²) in [6.07, 6.45) is 0.472. The van der Waals surface area contributed by atoms with Gasteiger partial charge in [-0.1, -0.05) is 11.8 Å². The minimum absolute atomic E-state index is 0.0389. The fourth-order valence-electron chi connectivity index (χ4n) is 1.36. The monoisotopic (exact) mass is 296 g/mol. The van der Waals surface area contributed by atoms with Crippen molar-refractivity contribution in [3.05, 3.63) is 0 Å². The molecule has 0 saturated carbocycles. The summed E-state index contributed by atoms with van der Waals surface area (Å²) in [6, 6.07) is 0. The predicted molar refractivity (Wildman–Crippen MR) is 67.2 cm³/mol. The van der Waals surface area contributed by atoms with Crippen molar-refractivity contribution in [1.82, 2.24) is 8.61 Å². The molecule has 0 spiro atoms. The van der Waals surface area contributed by atoms with Gasteiger partial charge in [-0.3, -0.25) is 9.59 Å². The minimum Gasteiger partial charge on any atom is -0.383 e. The number of ether oxygens (including phenoxy) is 1. The number of methoxy groups -OCH3 is 1. The summed E-state index contributed by atoms with van der Waals surface area (Å²) in [5.41, 5.74) is 0. The Balaban J connectivity index is 2.88. The van der Waals surface area contributed by atoms with Gasteiger partial charge in [0, 0.05) is 33.0 Å². The summed E-state index contributed by atoms with van der Waals surface area (Å²) >= 11 is 0.859. The Morgan fingerprint density at radius 2 is 2.11 bits per heavy atom. The van der Waals surface area contributed by atoms with Crippen molar-refractivity contribution in [1.29, 1.82) is 0 Å². The molecule has 1 heterocycles. The molecule has 1 fully saturated rings. The van der Waals surface area contributed by atoms with Crippen LogP contribution in [0, 0.1) is 0 Å². The van der Waals surface area contributed by atoms with E-state index in [1.165, 1.54) is 14.2 Å². The first kappa shape index (κ1) is 15.4. The standard InChI is InChI=1S/C9H16N2O5S2/c1-10(5-6-16-2)18(14,15)11-4-3-7-17-9(13)8(11)12/h3-7H2,1-2H3. The molecule has 0 aromatic carbocycles. The maximum Gasteiger partial charge on any atom is 0.315 e. The Morgan fingerprint density at radius 3 is 2.72 bits per heavy atom. The number of amides is 1. The zero-order chi connectivity index (χ0) is 13.8. The van der Waals surface area contributed by atoms with Gasteiger partial charge in [0.25, 0.3) is 5.12 Å². The van der Waals surface area contributed by atoms with Crippen molar-refractivity contribution in [2.24, 2.45) is 0 Å². The number of hydrogen-bond donors (Lipinski definition) is 0. The SMILES string of the molecule is COCCN(C)S(=O)(=O)N1CCCSC(=O)C1=O. The second kappa shape index (κ2) is 6.50. The lowest BCUT2D eigenvalue weighted by atomic mass is 10.5. The molecule has 0 unspecified atom stereocenters. The van der Waals surface area contributed by atoms with Gasteiger partial charge >= 0.3 is 16.1 Å². The molecule has 18 heavy (non-hydrogen) atoms. The summed E-state index contributed by atoms with van der Waals surface area (Å²) in [7, 11) is -1.13. The molecule has 1 aliphatic heterocycles. The van der Waals surface area contributed by atoms with Crippen molar-refractivity contribution in [3.63, 3.8) is 0 Å². The zero-order valence-corrected chi connectivity index (χ0v) is 11.9. The van der Waals surface area contributed by atoms with E-state index in [1.807, 2.05) is 0 Å². The number of rotatable bonds is 5. The highest BCUT2D eigenvalue weighted by Crippen LogP contribution is 2.17. The van der Waals surface area contributed by atoms with Crippen LogP contribution < -0.4 is 0 Å². The van der Waals surface area contributed by atoms with E-state index in [4.69, 9.17) is 4.74 Å². The second-order valence-electron chi connectivity index (χ2n) is 3.69. The van der Waals surface area contributed by atoms with Crippen molar-refractivity contribution >= 4 is 33.0 Å². The van der Waals surface area contributed by atoms with Gasteiger partial charge < -0.3 is 4.74 Å². The molecule has 0 bridgehead atoms. The normalized spacial score (nSPS) is 18.3. The third-order valence-electron chi connectivity index (χ3n) is 2.42. The number of likely N-dealkylation sites (N-methyl/N-ethyl adjacent to an activating group) is 1. The lowest BCUT2D eigenvalue weighted by molar-refractivity contribution is -0.136. The summed E-state index contributed by atoms with van der Waals surface area (Å²) in [5.74, 6) is -0.514. The topological polar surface area (TPSA) is 84.0 Å². The molecular formula is C9H16N2O5S2. The smallest absolute Gasteiger partial charge is 0.315 e. The molecule has 1 rings (SSSR count). The quantitative estimate of drug-likeness (QED) is 0.624. The van der Waals surface area contributed by atoms with Crippen molar-refractivity contribution in [2.45, 2.75) is 6.42 Å². The Kier molecular flexibility index (Phi) is 5.57. The van der Waals surface area contributed by atoms with E-state index in [2.05, 4.69) is 0 Å². The molecule has 7 nitrogen and oxygen atoms in total. The summed E-state index contributed by atoms with van der Waals surface area (Å²) < 4.78 is 30.7. The number of thioether (sulfide) groups is 1. The highest BCUT2D eigenvalue weighted by atomic mass is 32.2. The molecule has 104 valence electrons. The fourth-order valence-corrected chi connectivity index (χ4v) is 3.41. The Hall–Kier alpha value is -0.640. The number of carbonyl (C=O) groups is 2. The predicted octanol–water partition coefficient (Wildman–Crippen LogP) is -0.698. The first-order valence-corrected chi connectivity index (χ1v) is 7.73. The van der Waals surface area contributed by atoms with Gasteiger partial charge in [-0.2, -0.15) is 12.7 Å². The van der Waals surface area contributed by atoms with E-state index in [0.717, 1.165) is 16.1 Å². The van der Waals surface area contributed by atoms with Gasteiger partial charge in [0.05, 0.1) is 6.61 Å². The molecule has 0 aromatic rings. The van der Waals surface area contributed by atoms with Gasteiger partial charge in [-0.25, -0.2) is 4.31 Å². The van der Waals surface area contributed by atoms with Crippen molar-refractivity contribution in [2.75, 3.05) is 39.6 Å². The lowest BCUT2D eigenvalue weighted by Crippen LogP contribution is -2.47. The first-order chi connectivity index (χ1) is 8.41. The molecule has 0 atom stereocenters. The Morgan fingerprint density at radius 1 is 1.44 bits per heavy atom. The number of hydrogen-bond acceptors (Lipinski definition) is 6. The third-order valence-corrected chi connectivity index (χ3v) is 5.23. The molecule has 1 saturated heterocycles. The van der Waals surface area contributed by atoms with Crippen LogP contribution in [-0.4, -0.2) is 67.7 Å². The number of carbonyl (C=O) groups excluding carboxylic acids is 2. The fraction of sp³-hybridized carbons (Fsp3) is 0.778. The van der Waals surface area contributed by atoms with E-state index in [0.29, 0.717) is 16.5 Å². The van der Waals surface area contributed by atoms with Crippen LogP contribution in [0.5, 0.6) is 0 Å². The average molecular weight is 296 g/mol. The summed E-state index contributed by atoms with van der Waals surface area (Å²) in [5, 5.41) is -0.726. The van der Waals surface area contributed by atoms with Crippen LogP contribution in [-0.2, 0) is 24.5 Å². The van der Waals surface area contributed by atoms with Crippen LogP contribution in [0.1, 0.15) is 6.42 Å². The van der Waals surface area contributed by atoms with E-state index in [-0.39, 0.29) is 19.7 Å². The highest BCUT2D eigenvalue weighted by molar-refractivity contribution is 8.15. The van der Waals surface area contributed by atoms with Gasteiger partial charge in [0.2, 0.25) is 0 Å². The summed E-state index contributed by atoms with van der Waals surface area (Å²) in [4.78, 5) is 23.1. The largest absolute Gasteiger partial charge is 0.383 e. The molecule has 9 heteroatoms. The number of nitrogens with zero attached hydrogens (tertiary/aromatic N) is 2. The lowest BCUT2D eigenvalue weighted by Gasteiger charge is -2.25. The van der Waals surface area contributed by atoms with Gasteiger partial charge in [0.15, 0.2) is 0 Å². The van der Waals surface area contributed by atoms with Gasteiger partial charge in [-0.15, -0.1) is 0 Å². The van der Waals surface area contributed by atoms with Crippen molar-refractivity contribution in [3.8, 4) is 0 Å². The second-order valence-corrected chi connectivity index (χ2v) is 6.72. The molecule has 0 radical (unpaired) electrons. The summed E-state index contributed by atoms with van der Waals surface area (Å²) in [6.45, 7) is 0.391. The molecule has 1 aliphatic rings. The Labute approximate surface area is 111 Å². The zero-order valence-electron chi connectivity index (χ0n) is 10.3. The molecule has 1 amide bonds. The van der Waals surface area contributed by atoms with Crippen LogP contribution in [0.2, 0.25) is 0 Å². The van der Waals surface area contributed by atoms with Crippen LogP contribution in [0.3, 0.4) is 0 Å². The minimum atomic E-state index is -3.94. The van der Waals surface area contributed by atoms with E-state index in [9.17, 15) is 18.0 Å². The van der Waals surface area contributed by atoms with Crippen molar-refractivity contribution < 1.29 is 22.7 Å². The Bertz CT molecular complexity index is 423. The van der Waals surface area contributed by atoms with E-state index < -0.39 is 21.2 Å². The van der Waals surface area contributed by atoms with Crippen LogP contribution in [0.15, 0.2) is 0 Å². The van der Waals surface area contributed by atoms with Crippen LogP contribution in [0.25, 0.3) is 0 Å². The van der Waals surface area contributed by atoms with Crippen LogP contribution >= 0.6 is 11.8 Å². The average Bonchev–Trinajstić information content (AvgIpc) is 2.49. The first-order valence-electron chi connectivity index (χ1n) is 5.35. The van der Waals surface area contributed by atoms with Gasteiger partial charge in [-0.05, 0) is 6.42 Å². The third kappa shape index (κ3) is 3.44.